The maximum absolute atomic E-state index is 5.96. The lowest BCUT2D eigenvalue weighted by atomic mass is 10.4. The number of benzene rings is 1. The van der Waals surface area contributed by atoms with Crippen LogP contribution < -0.4 is 5.19 Å². The lowest BCUT2D eigenvalue weighted by molar-refractivity contribution is 0.325. The second kappa shape index (κ2) is 6.79. The zero-order chi connectivity index (χ0) is 10.2. The Labute approximate surface area is 88.8 Å². The summed E-state index contributed by atoms with van der Waals surface area (Å²) in [6, 6.07) is 12.0. The van der Waals surface area contributed by atoms with Crippen LogP contribution in [-0.4, -0.2) is 15.6 Å². The van der Waals surface area contributed by atoms with Gasteiger partial charge in [0.05, 0.1) is 0 Å². The van der Waals surface area contributed by atoms with Gasteiger partial charge in [0.25, 0.3) is 0 Å². The molecule has 0 radical (unpaired) electrons. The van der Waals surface area contributed by atoms with E-state index >= 15 is 0 Å². The van der Waals surface area contributed by atoms with Crippen LogP contribution in [0.3, 0.4) is 0 Å². The third kappa shape index (κ3) is 3.64. The number of hydrogen-bond acceptors (Lipinski definition) is 1. The summed E-state index contributed by atoms with van der Waals surface area (Å²) >= 11 is 0. The van der Waals surface area contributed by atoms with Gasteiger partial charge in [0.1, 0.15) is 0 Å². The predicted octanol–water partition coefficient (Wildman–Crippen LogP) is 2.45. The van der Waals surface area contributed by atoms with Crippen LogP contribution in [-0.2, 0) is 4.43 Å². The molecule has 0 aliphatic carbocycles. The molecular weight excluding hydrogens is 188 g/mol. The van der Waals surface area contributed by atoms with Crippen LogP contribution >= 0.6 is 0 Å². The van der Waals surface area contributed by atoms with E-state index < -0.39 is 9.04 Å². The van der Waals surface area contributed by atoms with E-state index in [4.69, 9.17) is 4.43 Å². The van der Waals surface area contributed by atoms with Gasteiger partial charge in [-0.2, -0.15) is 0 Å². The first-order valence-electron chi connectivity index (χ1n) is 5.55. The fourth-order valence-electron chi connectivity index (χ4n) is 1.54. The van der Waals surface area contributed by atoms with Gasteiger partial charge in [-0.15, -0.1) is 0 Å². The maximum atomic E-state index is 5.96. The summed E-state index contributed by atoms with van der Waals surface area (Å²) in [6.07, 6.45) is 2.36. The van der Waals surface area contributed by atoms with E-state index in [1.165, 1.54) is 17.7 Å². The molecule has 1 aromatic carbocycles. The van der Waals surface area contributed by atoms with Crippen LogP contribution in [0.15, 0.2) is 30.3 Å². The van der Waals surface area contributed by atoms with Crippen molar-refractivity contribution in [1.82, 2.24) is 0 Å². The average Bonchev–Trinajstić information content (AvgIpc) is 2.25. The molecule has 1 atom stereocenters. The van der Waals surface area contributed by atoms with E-state index in [0.717, 1.165) is 13.0 Å². The Morgan fingerprint density at radius 1 is 1.07 bits per heavy atom. The van der Waals surface area contributed by atoms with Gasteiger partial charge in [-0.05, 0) is 17.7 Å². The molecule has 0 aliphatic heterocycles. The molecule has 0 N–H and O–H groups in total. The Morgan fingerprint density at radius 2 is 1.79 bits per heavy atom. The molecule has 0 bridgehead atoms. The summed E-state index contributed by atoms with van der Waals surface area (Å²) in [5.41, 5.74) is 0. The first kappa shape index (κ1) is 11.5. The fraction of sp³-hybridized carbons (Fsp3) is 0.500. The monoisotopic (exact) mass is 208 g/mol. The van der Waals surface area contributed by atoms with Gasteiger partial charge in [-0.3, -0.25) is 0 Å². The largest absolute Gasteiger partial charge is 0.415 e. The lowest BCUT2D eigenvalue weighted by Crippen LogP contribution is -2.33. The fourth-order valence-corrected chi connectivity index (χ4v) is 3.92. The first-order valence-corrected chi connectivity index (χ1v) is 7.41. The zero-order valence-corrected chi connectivity index (χ0v) is 10.4. The van der Waals surface area contributed by atoms with Crippen molar-refractivity contribution in [2.45, 2.75) is 32.7 Å². The summed E-state index contributed by atoms with van der Waals surface area (Å²) in [4.78, 5) is 0. The Bertz CT molecular complexity index is 235. The quantitative estimate of drug-likeness (QED) is 0.653. The van der Waals surface area contributed by atoms with E-state index in [1.54, 1.807) is 0 Å². The summed E-state index contributed by atoms with van der Waals surface area (Å²) in [7, 11) is -1.11. The highest BCUT2D eigenvalue weighted by Crippen LogP contribution is 2.01. The highest BCUT2D eigenvalue weighted by molar-refractivity contribution is 6.67. The zero-order valence-electron chi connectivity index (χ0n) is 9.20. The van der Waals surface area contributed by atoms with Crippen LogP contribution in [0.2, 0.25) is 6.04 Å². The topological polar surface area (TPSA) is 9.23 Å². The van der Waals surface area contributed by atoms with Crippen molar-refractivity contribution in [2.75, 3.05) is 6.61 Å². The summed E-state index contributed by atoms with van der Waals surface area (Å²) in [5.74, 6) is 0. The van der Waals surface area contributed by atoms with Gasteiger partial charge in [-0.1, -0.05) is 50.6 Å². The molecule has 0 saturated heterocycles. The second-order valence-corrected chi connectivity index (χ2v) is 6.11. The maximum Gasteiger partial charge on any atom is 0.208 e. The molecule has 1 unspecified atom stereocenters. The van der Waals surface area contributed by atoms with Gasteiger partial charge < -0.3 is 4.43 Å². The molecule has 0 aromatic heterocycles. The molecular formula is C12H20OSi. The van der Waals surface area contributed by atoms with Crippen LogP contribution in [0, 0.1) is 0 Å². The Morgan fingerprint density at radius 3 is 2.36 bits per heavy atom. The summed E-state index contributed by atoms with van der Waals surface area (Å²) in [5, 5.41) is 1.45. The molecule has 1 rings (SSSR count). The highest BCUT2D eigenvalue weighted by Gasteiger charge is 2.12. The molecule has 0 amide bonds. The minimum atomic E-state index is -1.11. The summed E-state index contributed by atoms with van der Waals surface area (Å²) in [6.45, 7) is 5.33. The molecule has 1 nitrogen and oxygen atoms in total. The van der Waals surface area contributed by atoms with E-state index in [2.05, 4.69) is 44.2 Å². The molecule has 0 spiro atoms. The van der Waals surface area contributed by atoms with Crippen molar-refractivity contribution >= 4 is 14.2 Å². The smallest absolute Gasteiger partial charge is 0.208 e. The Hall–Kier alpha value is -0.603. The number of rotatable bonds is 6. The average molecular weight is 208 g/mol. The molecule has 78 valence electrons. The van der Waals surface area contributed by atoms with Crippen molar-refractivity contribution in [2.24, 2.45) is 0 Å². The minimum Gasteiger partial charge on any atom is -0.415 e. The van der Waals surface area contributed by atoms with Gasteiger partial charge >= 0.3 is 0 Å². The van der Waals surface area contributed by atoms with Gasteiger partial charge in [-0.25, -0.2) is 0 Å². The van der Waals surface area contributed by atoms with Gasteiger partial charge in [0.2, 0.25) is 9.04 Å². The Balaban J connectivity index is 2.58. The predicted molar refractivity (Wildman–Crippen MR) is 64.6 cm³/mol. The molecule has 0 aliphatic rings. The standard InChI is InChI=1S/C12H20OSi/c1-3-10-13-14(11-4-2)12-8-6-5-7-9-12/h5-9,14H,3-4,10-11H2,1-2H3. The van der Waals surface area contributed by atoms with Crippen molar-refractivity contribution in [3.05, 3.63) is 30.3 Å². The van der Waals surface area contributed by atoms with Crippen molar-refractivity contribution in [1.29, 1.82) is 0 Å². The van der Waals surface area contributed by atoms with Gasteiger partial charge in [0, 0.05) is 6.61 Å². The molecule has 1 aromatic rings. The normalized spacial score (nSPS) is 12.7. The molecule has 0 saturated carbocycles. The molecule has 14 heavy (non-hydrogen) atoms. The van der Waals surface area contributed by atoms with Crippen molar-refractivity contribution in [3.8, 4) is 0 Å². The second-order valence-electron chi connectivity index (χ2n) is 3.56. The highest BCUT2D eigenvalue weighted by atomic mass is 28.3. The third-order valence-electron chi connectivity index (χ3n) is 2.25. The first-order chi connectivity index (χ1) is 6.88. The van der Waals surface area contributed by atoms with Crippen LogP contribution in [0.1, 0.15) is 26.7 Å². The lowest BCUT2D eigenvalue weighted by Gasteiger charge is -2.15. The third-order valence-corrected chi connectivity index (χ3v) is 5.11. The van der Waals surface area contributed by atoms with E-state index in [1.807, 2.05) is 0 Å². The van der Waals surface area contributed by atoms with E-state index in [-0.39, 0.29) is 0 Å². The van der Waals surface area contributed by atoms with Crippen molar-refractivity contribution in [3.63, 3.8) is 0 Å². The molecule has 2 heteroatoms. The van der Waals surface area contributed by atoms with Crippen LogP contribution in [0.25, 0.3) is 0 Å². The molecule has 0 heterocycles. The summed E-state index contributed by atoms with van der Waals surface area (Å²) < 4.78 is 5.96. The van der Waals surface area contributed by atoms with Crippen LogP contribution in [0.5, 0.6) is 0 Å². The number of hydrogen-bond donors (Lipinski definition) is 0. The SMILES string of the molecule is CCCO[SiH](CCC)c1ccccc1. The Kier molecular flexibility index (Phi) is 5.57. The van der Waals surface area contributed by atoms with E-state index in [9.17, 15) is 0 Å². The van der Waals surface area contributed by atoms with E-state index in [0.29, 0.717) is 0 Å². The molecule has 0 fully saturated rings. The van der Waals surface area contributed by atoms with Crippen LogP contribution in [0.4, 0.5) is 0 Å². The minimum absolute atomic E-state index is 0.922. The van der Waals surface area contributed by atoms with Gasteiger partial charge in [0.15, 0.2) is 0 Å². The van der Waals surface area contributed by atoms with Crippen molar-refractivity contribution < 1.29 is 4.43 Å².